The quantitative estimate of drug-likeness (QED) is 0.211. The zero-order chi connectivity index (χ0) is 39.9. The van der Waals surface area contributed by atoms with Crippen molar-refractivity contribution in [1.82, 2.24) is 29.8 Å². The molecule has 1 spiro atoms. The molecule has 3 fully saturated rings. The molecule has 0 radical (unpaired) electrons. The van der Waals surface area contributed by atoms with Gasteiger partial charge in [0.1, 0.15) is 11.4 Å². The van der Waals surface area contributed by atoms with Crippen molar-refractivity contribution < 1.29 is 23.5 Å². The van der Waals surface area contributed by atoms with Crippen LogP contribution in [-0.4, -0.2) is 113 Å². The SMILES string of the molecule is C.C=CC.CC.CCN1CCC2(CC1)CCN(C(=O)OC(C)(C)C)CC2.O=CN1CCN(C(=O)c2cc(Cc3n[nH]c(=O)c4ccccc34)ccc2F)CC1. The zero-order valence-electron chi connectivity index (χ0n) is 33.5. The Morgan fingerprint density at radius 3 is 2.04 bits per heavy atom. The van der Waals surface area contributed by atoms with Crippen molar-refractivity contribution in [2.45, 2.75) is 93.6 Å². The maximum absolute atomic E-state index is 14.4. The maximum atomic E-state index is 14.4. The summed E-state index contributed by atoms with van der Waals surface area (Å²) < 4.78 is 19.9. The van der Waals surface area contributed by atoms with Crippen LogP contribution >= 0.6 is 0 Å². The van der Waals surface area contributed by atoms with Crippen molar-refractivity contribution in [3.05, 3.63) is 88.1 Å². The molecular formula is C43H65FN6O5. The van der Waals surface area contributed by atoms with Crippen molar-refractivity contribution in [2.75, 3.05) is 58.9 Å². The van der Waals surface area contributed by atoms with Gasteiger partial charge in [0.25, 0.3) is 11.5 Å². The fourth-order valence-corrected chi connectivity index (χ4v) is 6.88. The van der Waals surface area contributed by atoms with Crippen molar-refractivity contribution in [1.29, 1.82) is 0 Å². The molecule has 6 rings (SSSR count). The van der Waals surface area contributed by atoms with Gasteiger partial charge in [-0.25, -0.2) is 14.3 Å². The molecule has 12 heteroatoms. The number of carbonyl (C=O) groups is 3. The molecule has 0 aliphatic carbocycles. The molecule has 3 aromatic rings. The molecular weight excluding hydrogens is 700 g/mol. The average Bonchev–Trinajstić information content (AvgIpc) is 3.18. The number of benzene rings is 2. The molecule has 3 saturated heterocycles. The number of ether oxygens (including phenoxy) is 1. The predicted molar refractivity (Wildman–Crippen MR) is 220 cm³/mol. The minimum Gasteiger partial charge on any atom is -0.444 e. The summed E-state index contributed by atoms with van der Waals surface area (Å²) in [5, 5.41) is 7.88. The highest BCUT2D eigenvalue weighted by Crippen LogP contribution is 2.41. The average molecular weight is 765 g/mol. The van der Waals surface area contributed by atoms with Gasteiger partial charge in [-0.15, -0.1) is 6.58 Å². The van der Waals surface area contributed by atoms with Gasteiger partial charge in [0.2, 0.25) is 6.41 Å². The lowest BCUT2D eigenvalue weighted by atomic mass is 9.71. The summed E-state index contributed by atoms with van der Waals surface area (Å²) in [5.41, 5.74) is 1.18. The van der Waals surface area contributed by atoms with Crippen LogP contribution in [0.25, 0.3) is 10.8 Å². The number of aromatic amines is 1. The lowest BCUT2D eigenvalue weighted by molar-refractivity contribution is -0.119. The van der Waals surface area contributed by atoms with Crippen LogP contribution in [0, 0.1) is 11.2 Å². The number of rotatable bonds is 5. The van der Waals surface area contributed by atoms with Gasteiger partial charge < -0.3 is 24.3 Å². The van der Waals surface area contributed by atoms with Gasteiger partial charge >= 0.3 is 6.09 Å². The van der Waals surface area contributed by atoms with Gasteiger partial charge in [-0.3, -0.25) is 14.4 Å². The number of piperazine rings is 1. The number of amides is 3. The van der Waals surface area contributed by atoms with E-state index in [0.29, 0.717) is 54.7 Å². The molecule has 4 heterocycles. The highest BCUT2D eigenvalue weighted by molar-refractivity contribution is 5.95. The number of carbonyl (C=O) groups excluding carboxylic acids is 3. The summed E-state index contributed by atoms with van der Waals surface area (Å²) >= 11 is 0. The minimum absolute atomic E-state index is 0. The van der Waals surface area contributed by atoms with Crippen LogP contribution in [0.5, 0.6) is 0 Å². The van der Waals surface area contributed by atoms with Crippen LogP contribution in [0.4, 0.5) is 9.18 Å². The molecule has 304 valence electrons. The highest BCUT2D eigenvalue weighted by atomic mass is 19.1. The Morgan fingerprint density at radius 2 is 1.49 bits per heavy atom. The van der Waals surface area contributed by atoms with Crippen LogP contribution in [0.15, 0.2) is 59.9 Å². The van der Waals surface area contributed by atoms with Crippen LogP contribution in [0.2, 0.25) is 0 Å². The summed E-state index contributed by atoms with van der Waals surface area (Å²) in [6.45, 7) is 24.2. The Morgan fingerprint density at radius 1 is 0.927 bits per heavy atom. The van der Waals surface area contributed by atoms with Crippen molar-refractivity contribution in [3.63, 3.8) is 0 Å². The Hall–Kier alpha value is -4.58. The van der Waals surface area contributed by atoms with Gasteiger partial charge in [0.05, 0.1) is 16.6 Å². The van der Waals surface area contributed by atoms with Crippen molar-refractivity contribution >= 4 is 29.2 Å². The molecule has 3 aliphatic rings. The Balaban J connectivity index is 0.000000352. The third kappa shape index (κ3) is 13.3. The molecule has 3 amide bonds. The first-order valence-electron chi connectivity index (χ1n) is 19.3. The molecule has 1 N–H and O–H groups in total. The Kier molecular flexibility index (Phi) is 18.7. The number of halogens is 1. The summed E-state index contributed by atoms with van der Waals surface area (Å²) in [5.74, 6) is -0.981. The van der Waals surface area contributed by atoms with Gasteiger partial charge in [-0.2, -0.15) is 5.10 Å². The largest absolute Gasteiger partial charge is 0.444 e. The maximum Gasteiger partial charge on any atom is 0.410 e. The second-order valence-electron chi connectivity index (χ2n) is 14.8. The van der Waals surface area contributed by atoms with E-state index in [1.54, 1.807) is 34.1 Å². The topological polar surface area (TPSA) is 119 Å². The van der Waals surface area contributed by atoms with Gasteiger partial charge in [0, 0.05) is 51.1 Å². The monoisotopic (exact) mass is 765 g/mol. The second kappa shape index (κ2) is 22.1. The molecule has 2 aromatic carbocycles. The van der Waals surface area contributed by atoms with Gasteiger partial charge in [-0.05, 0) is 102 Å². The normalized spacial score (nSPS) is 16.5. The standard InChI is InChI=1S/C21H19FN4O3.C16H30N2O2.C3H6.C2H6.CH4/c22-18-6-5-14(11-17(18)21(29)26-9-7-25(13-27)8-10-26)12-19-15-3-1-2-4-16(15)20(28)24-23-19;1-5-17-10-6-16(7-11-17)8-12-18(13-9-16)14(19)20-15(2,3)4;1-3-2;1-2;/h1-6,11,13H,7-10,12H2,(H,24,28);5-13H2,1-4H3;3H,1H2,2H3;1-2H3;1H4. The second-order valence-corrected chi connectivity index (χ2v) is 14.8. The van der Waals surface area contributed by atoms with Crippen LogP contribution in [-0.2, 0) is 16.0 Å². The smallest absolute Gasteiger partial charge is 0.410 e. The zero-order valence-corrected chi connectivity index (χ0v) is 33.5. The first-order chi connectivity index (χ1) is 25.8. The summed E-state index contributed by atoms with van der Waals surface area (Å²) in [6, 6.07) is 11.6. The first-order valence-corrected chi connectivity index (χ1v) is 19.3. The molecule has 0 saturated carbocycles. The number of nitrogens with one attached hydrogen (secondary N) is 1. The highest BCUT2D eigenvalue weighted by Gasteiger charge is 2.39. The number of likely N-dealkylation sites (tertiary alicyclic amines) is 2. The molecule has 55 heavy (non-hydrogen) atoms. The molecule has 0 atom stereocenters. The molecule has 1 aromatic heterocycles. The fraction of sp³-hybridized carbons (Fsp3) is 0.558. The van der Waals surface area contributed by atoms with E-state index >= 15 is 0 Å². The Labute approximate surface area is 327 Å². The number of hydrogen-bond donors (Lipinski definition) is 1. The van der Waals surface area contributed by atoms with Crippen molar-refractivity contribution in [2.24, 2.45) is 5.41 Å². The lowest BCUT2D eigenvalue weighted by Gasteiger charge is -2.46. The summed E-state index contributed by atoms with van der Waals surface area (Å²) in [6.07, 6.45) is 7.58. The third-order valence-electron chi connectivity index (χ3n) is 10.00. The summed E-state index contributed by atoms with van der Waals surface area (Å²) in [4.78, 5) is 55.2. The van der Waals surface area contributed by atoms with E-state index < -0.39 is 17.3 Å². The number of aromatic nitrogens is 2. The van der Waals surface area contributed by atoms with Gasteiger partial charge in [-0.1, -0.05) is 58.5 Å². The number of fused-ring (bicyclic) bond motifs is 1. The van der Waals surface area contributed by atoms with E-state index in [4.69, 9.17) is 4.74 Å². The summed E-state index contributed by atoms with van der Waals surface area (Å²) in [7, 11) is 0. The minimum atomic E-state index is -0.587. The van der Waals surface area contributed by atoms with Gasteiger partial charge in [0.15, 0.2) is 0 Å². The number of H-pyrrole nitrogens is 1. The number of nitrogens with zero attached hydrogens (tertiary/aromatic N) is 5. The van der Waals surface area contributed by atoms with E-state index in [0.717, 1.165) is 37.7 Å². The number of hydrogen-bond acceptors (Lipinski definition) is 7. The lowest BCUT2D eigenvalue weighted by Crippen LogP contribution is -2.49. The fourth-order valence-electron chi connectivity index (χ4n) is 6.88. The van der Waals surface area contributed by atoms with Crippen LogP contribution in [0.3, 0.4) is 0 Å². The third-order valence-corrected chi connectivity index (χ3v) is 10.00. The van der Waals surface area contributed by atoms with E-state index in [2.05, 4.69) is 28.6 Å². The molecule has 0 bridgehead atoms. The predicted octanol–water partition coefficient (Wildman–Crippen LogP) is 7.54. The molecule has 3 aliphatic heterocycles. The number of allylic oxidation sites excluding steroid dienone is 1. The Bertz CT molecular complexity index is 1730. The van der Waals surface area contributed by atoms with E-state index in [1.165, 1.54) is 44.6 Å². The molecule has 0 unspecified atom stereocenters. The van der Waals surface area contributed by atoms with Crippen LogP contribution in [0.1, 0.15) is 103 Å². The first kappa shape index (κ1) is 46.6. The molecule has 11 nitrogen and oxygen atoms in total. The van der Waals surface area contributed by atoms with Crippen molar-refractivity contribution in [3.8, 4) is 0 Å². The van der Waals surface area contributed by atoms with Crippen LogP contribution < -0.4 is 5.56 Å². The number of piperidine rings is 2. The van der Waals surface area contributed by atoms with E-state index in [-0.39, 0.29) is 24.6 Å². The van der Waals surface area contributed by atoms with E-state index in [1.807, 2.05) is 58.6 Å². The van der Waals surface area contributed by atoms with E-state index in [9.17, 15) is 23.6 Å².